The van der Waals surface area contributed by atoms with Crippen LogP contribution >= 0.6 is 24.0 Å². The normalized spacial score (nSPS) is 10.6. The van der Waals surface area contributed by atoms with Crippen LogP contribution in [0.1, 0.15) is 24.8 Å². The second-order valence-corrected chi connectivity index (χ2v) is 4.46. The Labute approximate surface area is 143 Å². The van der Waals surface area contributed by atoms with Crippen molar-refractivity contribution >= 4 is 35.9 Å². The van der Waals surface area contributed by atoms with Crippen molar-refractivity contribution in [3.05, 3.63) is 35.9 Å². The highest BCUT2D eigenvalue weighted by Gasteiger charge is 1.98. The first-order valence-corrected chi connectivity index (χ1v) is 6.87. The van der Waals surface area contributed by atoms with Gasteiger partial charge in [-0.15, -0.1) is 24.0 Å². The maximum atomic E-state index is 10.9. The topological polar surface area (TPSA) is 76.7 Å². The molecule has 0 aliphatic carbocycles. The molecule has 6 heteroatoms. The lowest BCUT2D eigenvalue weighted by Crippen LogP contribution is -2.33. The molecule has 0 aromatic heterocycles. The van der Waals surface area contributed by atoms with Gasteiger partial charge >= 0.3 is 5.97 Å². The van der Waals surface area contributed by atoms with Crippen molar-refractivity contribution in [1.82, 2.24) is 5.32 Å². The van der Waals surface area contributed by atoms with E-state index in [4.69, 9.17) is 5.73 Å². The molecule has 0 unspecified atom stereocenters. The summed E-state index contributed by atoms with van der Waals surface area (Å²) in [6.45, 7) is 1.39. The first kappa shape index (κ1) is 19.7. The lowest BCUT2D eigenvalue weighted by atomic mass is 10.1. The van der Waals surface area contributed by atoms with Gasteiger partial charge in [-0.05, 0) is 24.8 Å². The fraction of sp³-hybridized carbons (Fsp3) is 0.467. The van der Waals surface area contributed by atoms with Crippen LogP contribution in [0, 0.1) is 0 Å². The van der Waals surface area contributed by atoms with Crippen LogP contribution in [0.3, 0.4) is 0 Å². The zero-order valence-electron chi connectivity index (χ0n) is 12.4. The standard InChI is InChI=1S/C15H23N3O2.HI/c1-20-14(19)9-5-6-11-17-15(16)18-12-10-13-7-3-2-4-8-13;/h2-4,7-8H,5-6,9-12H2,1H3,(H3,16,17,18);1H. The van der Waals surface area contributed by atoms with Crippen LogP contribution in [-0.4, -0.2) is 32.1 Å². The van der Waals surface area contributed by atoms with E-state index in [2.05, 4.69) is 27.2 Å². The van der Waals surface area contributed by atoms with Gasteiger partial charge in [-0.3, -0.25) is 9.79 Å². The zero-order chi connectivity index (χ0) is 14.6. The molecule has 0 atom stereocenters. The Bertz CT molecular complexity index is 424. The maximum Gasteiger partial charge on any atom is 0.305 e. The first-order valence-electron chi connectivity index (χ1n) is 6.87. The predicted molar refractivity (Wildman–Crippen MR) is 95.9 cm³/mol. The number of methoxy groups -OCH3 is 1. The van der Waals surface area contributed by atoms with Gasteiger partial charge < -0.3 is 15.8 Å². The third kappa shape index (κ3) is 10.1. The third-order valence-corrected chi connectivity index (χ3v) is 2.86. The molecular formula is C15H24IN3O2. The number of unbranched alkanes of at least 4 members (excludes halogenated alkanes) is 1. The smallest absolute Gasteiger partial charge is 0.305 e. The lowest BCUT2D eigenvalue weighted by Gasteiger charge is -2.05. The van der Waals surface area contributed by atoms with Gasteiger partial charge in [0.15, 0.2) is 5.96 Å². The Kier molecular flexibility index (Phi) is 11.7. The number of rotatable bonds is 8. The molecule has 1 aromatic rings. The number of aliphatic imine (C=N–C) groups is 1. The minimum absolute atomic E-state index is 0. The van der Waals surface area contributed by atoms with Crippen molar-refractivity contribution in [1.29, 1.82) is 0 Å². The summed E-state index contributed by atoms with van der Waals surface area (Å²) in [5.74, 6) is 0.280. The molecule has 0 bridgehead atoms. The Morgan fingerprint density at radius 3 is 2.67 bits per heavy atom. The van der Waals surface area contributed by atoms with Crippen LogP contribution < -0.4 is 11.1 Å². The number of hydrogen-bond donors (Lipinski definition) is 2. The number of hydrogen-bond acceptors (Lipinski definition) is 3. The van der Waals surface area contributed by atoms with Crippen molar-refractivity contribution < 1.29 is 9.53 Å². The minimum atomic E-state index is -0.178. The highest BCUT2D eigenvalue weighted by atomic mass is 127. The van der Waals surface area contributed by atoms with E-state index in [1.165, 1.54) is 12.7 Å². The lowest BCUT2D eigenvalue weighted by molar-refractivity contribution is -0.140. The molecular weight excluding hydrogens is 381 g/mol. The van der Waals surface area contributed by atoms with Crippen molar-refractivity contribution in [2.24, 2.45) is 10.7 Å². The van der Waals surface area contributed by atoms with Crippen LogP contribution in [0.2, 0.25) is 0 Å². The van der Waals surface area contributed by atoms with Gasteiger partial charge in [0.2, 0.25) is 0 Å². The van der Waals surface area contributed by atoms with E-state index in [0.717, 1.165) is 25.8 Å². The highest BCUT2D eigenvalue weighted by Crippen LogP contribution is 1.98. The second kappa shape index (κ2) is 12.4. The number of carbonyl (C=O) groups excluding carboxylic acids is 1. The number of nitrogens with two attached hydrogens (primary N) is 1. The van der Waals surface area contributed by atoms with Gasteiger partial charge in [-0.2, -0.15) is 0 Å². The number of halogens is 1. The van der Waals surface area contributed by atoms with Crippen LogP contribution in [-0.2, 0) is 16.0 Å². The number of benzene rings is 1. The Morgan fingerprint density at radius 1 is 1.29 bits per heavy atom. The molecule has 1 aromatic carbocycles. The van der Waals surface area contributed by atoms with Crippen molar-refractivity contribution in [3.8, 4) is 0 Å². The molecule has 0 aliphatic rings. The summed E-state index contributed by atoms with van der Waals surface area (Å²) in [4.78, 5) is 15.1. The Morgan fingerprint density at radius 2 is 2.00 bits per heavy atom. The van der Waals surface area contributed by atoms with Crippen molar-refractivity contribution in [2.75, 3.05) is 20.2 Å². The van der Waals surface area contributed by atoms with Crippen LogP contribution in [0.15, 0.2) is 35.3 Å². The van der Waals surface area contributed by atoms with Crippen LogP contribution in [0.4, 0.5) is 0 Å². The molecule has 0 amide bonds. The summed E-state index contributed by atoms with van der Waals surface area (Å²) >= 11 is 0. The zero-order valence-corrected chi connectivity index (χ0v) is 14.7. The predicted octanol–water partition coefficient (Wildman–Crippen LogP) is 2.09. The highest BCUT2D eigenvalue weighted by molar-refractivity contribution is 14.0. The maximum absolute atomic E-state index is 10.9. The van der Waals surface area contributed by atoms with E-state index in [1.54, 1.807) is 0 Å². The van der Waals surface area contributed by atoms with Gasteiger partial charge in [0.1, 0.15) is 0 Å². The SMILES string of the molecule is COC(=O)CCCCN=C(N)NCCc1ccccc1.I. The second-order valence-electron chi connectivity index (χ2n) is 4.46. The summed E-state index contributed by atoms with van der Waals surface area (Å²) in [6.07, 6.45) is 2.95. The number of guanidine groups is 1. The number of nitrogens with one attached hydrogen (secondary N) is 1. The van der Waals surface area contributed by atoms with E-state index in [9.17, 15) is 4.79 Å². The fourth-order valence-corrected chi connectivity index (χ4v) is 1.72. The summed E-state index contributed by atoms with van der Waals surface area (Å²) in [5.41, 5.74) is 7.02. The molecule has 0 radical (unpaired) electrons. The molecule has 3 N–H and O–H groups in total. The molecule has 21 heavy (non-hydrogen) atoms. The molecule has 0 fully saturated rings. The van der Waals surface area contributed by atoms with Gasteiger partial charge in [-0.1, -0.05) is 30.3 Å². The first-order chi connectivity index (χ1) is 9.72. The quantitative estimate of drug-likeness (QED) is 0.228. The molecule has 0 saturated carbocycles. The Hall–Kier alpha value is -1.31. The largest absolute Gasteiger partial charge is 0.469 e. The number of ether oxygens (including phenoxy) is 1. The molecule has 0 saturated heterocycles. The molecule has 0 spiro atoms. The van der Waals surface area contributed by atoms with Crippen LogP contribution in [0.25, 0.3) is 0 Å². The van der Waals surface area contributed by atoms with E-state index in [0.29, 0.717) is 18.9 Å². The summed E-state index contributed by atoms with van der Waals surface area (Å²) < 4.78 is 4.56. The van der Waals surface area contributed by atoms with Gasteiger partial charge in [0, 0.05) is 19.5 Å². The fourth-order valence-electron chi connectivity index (χ4n) is 1.72. The van der Waals surface area contributed by atoms with Crippen molar-refractivity contribution in [3.63, 3.8) is 0 Å². The minimum Gasteiger partial charge on any atom is -0.469 e. The number of carbonyl (C=O) groups is 1. The van der Waals surface area contributed by atoms with E-state index >= 15 is 0 Å². The van der Waals surface area contributed by atoms with E-state index in [-0.39, 0.29) is 29.9 Å². The summed E-state index contributed by atoms with van der Waals surface area (Å²) in [5, 5.41) is 3.08. The van der Waals surface area contributed by atoms with E-state index in [1.807, 2.05) is 18.2 Å². The van der Waals surface area contributed by atoms with Gasteiger partial charge in [0.05, 0.1) is 7.11 Å². The van der Waals surface area contributed by atoms with Gasteiger partial charge in [-0.25, -0.2) is 0 Å². The van der Waals surface area contributed by atoms with Crippen molar-refractivity contribution in [2.45, 2.75) is 25.7 Å². The average molecular weight is 405 g/mol. The van der Waals surface area contributed by atoms with Gasteiger partial charge in [0.25, 0.3) is 0 Å². The number of nitrogens with zero attached hydrogens (tertiary/aromatic N) is 1. The molecule has 118 valence electrons. The summed E-state index contributed by atoms with van der Waals surface area (Å²) in [7, 11) is 1.40. The number of esters is 1. The third-order valence-electron chi connectivity index (χ3n) is 2.86. The molecule has 0 aliphatic heterocycles. The average Bonchev–Trinajstić information content (AvgIpc) is 2.47. The molecule has 1 rings (SSSR count). The molecule has 0 heterocycles. The monoisotopic (exact) mass is 405 g/mol. The van der Waals surface area contributed by atoms with Crippen LogP contribution in [0.5, 0.6) is 0 Å². The molecule has 5 nitrogen and oxygen atoms in total. The van der Waals surface area contributed by atoms with E-state index < -0.39 is 0 Å². The summed E-state index contributed by atoms with van der Waals surface area (Å²) in [6, 6.07) is 10.2. The Balaban J connectivity index is 0.00000400.